The van der Waals surface area contributed by atoms with Crippen LogP contribution >= 0.6 is 0 Å². The number of para-hydroxylation sites is 1. The highest BCUT2D eigenvalue weighted by molar-refractivity contribution is 6.65. The van der Waals surface area contributed by atoms with E-state index in [1.165, 1.54) is 32.7 Å². The average Bonchev–Trinajstić information content (AvgIpc) is 2.97. The molecule has 1 aliphatic heterocycles. The van der Waals surface area contributed by atoms with Crippen molar-refractivity contribution in [3.8, 4) is 0 Å². The summed E-state index contributed by atoms with van der Waals surface area (Å²) in [4.78, 5) is 0. The van der Waals surface area contributed by atoms with Gasteiger partial charge in [-0.15, -0.1) is 0 Å². The molecule has 0 spiro atoms. The second-order valence-electron chi connectivity index (χ2n) is 8.30. The van der Waals surface area contributed by atoms with Gasteiger partial charge in [-0.05, 0) is 65.6 Å². The van der Waals surface area contributed by atoms with Crippen LogP contribution in [0.1, 0.15) is 37.4 Å². The second-order valence-corrected chi connectivity index (χ2v) is 10.8. The lowest BCUT2D eigenvalue weighted by Crippen LogP contribution is -2.24. The zero-order valence-electron chi connectivity index (χ0n) is 16.9. The highest BCUT2D eigenvalue weighted by Gasteiger charge is 2.22. The van der Waals surface area contributed by atoms with Crippen molar-refractivity contribution in [2.24, 2.45) is 5.92 Å². The lowest BCUT2D eigenvalue weighted by atomic mass is 9.92. The highest BCUT2D eigenvalue weighted by atomic mass is 28.3. The summed E-state index contributed by atoms with van der Waals surface area (Å²) in [5.74, 6) is 0.668. The van der Waals surface area contributed by atoms with Gasteiger partial charge in [-0.25, -0.2) is 0 Å². The van der Waals surface area contributed by atoms with E-state index < -0.39 is 8.80 Å². The summed E-state index contributed by atoms with van der Waals surface area (Å²) in [6.45, 7) is 11.6. The van der Waals surface area contributed by atoms with Crippen LogP contribution in [0.25, 0.3) is 21.9 Å². The first-order valence-corrected chi connectivity index (χ1v) is 12.3. The summed E-state index contributed by atoms with van der Waals surface area (Å²) in [7, 11) is -0.482. The number of hydrogen-bond acceptors (Lipinski definition) is 2. The molecular weight excluding hydrogens is 346 g/mol. The van der Waals surface area contributed by atoms with Crippen molar-refractivity contribution in [2.75, 3.05) is 0 Å². The second kappa shape index (κ2) is 7.04. The first-order valence-electron chi connectivity index (χ1n) is 9.83. The van der Waals surface area contributed by atoms with E-state index in [0.29, 0.717) is 5.92 Å². The van der Waals surface area contributed by atoms with E-state index in [0.717, 1.165) is 17.6 Å². The van der Waals surface area contributed by atoms with Crippen LogP contribution < -0.4 is 5.32 Å². The van der Waals surface area contributed by atoms with E-state index >= 15 is 0 Å². The van der Waals surface area contributed by atoms with Gasteiger partial charge in [0.05, 0.1) is 14.8 Å². The molecule has 1 aliphatic rings. The maximum atomic E-state index is 6.05. The molecule has 27 heavy (non-hydrogen) atoms. The van der Waals surface area contributed by atoms with Crippen LogP contribution in [0.5, 0.6) is 0 Å². The largest absolute Gasteiger partial charge is 0.456 e. The Hall–Kier alpha value is -2.26. The SMILES string of the molecule is Cc1cc2oc3ccccc3c2cc1C1C=C(CC(C)C)C([Si](C)C)=CN1. The fourth-order valence-corrected chi connectivity index (χ4v) is 5.29. The number of dihydropyridines is 1. The summed E-state index contributed by atoms with van der Waals surface area (Å²) in [5, 5.41) is 7.61. The van der Waals surface area contributed by atoms with E-state index in [-0.39, 0.29) is 6.04 Å². The van der Waals surface area contributed by atoms with Crippen molar-refractivity contribution in [1.29, 1.82) is 0 Å². The van der Waals surface area contributed by atoms with Crippen molar-refractivity contribution in [2.45, 2.75) is 46.3 Å². The summed E-state index contributed by atoms with van der Waals surface area (Å²) >= 11 is 0. The molecule has 0 saturated carbocycles. The fraction of sp³-hybridized carbons (Fsp3) is 0.333. The monoisotopic (exact) mass is 374 g/mol. The number of nitrogens with one attached hydrogen (secondary N) is 1. The molecule has 1 N–H and O–H groups in total. The van der Waals surface area contributed by atoms with Gasteiger partial charge in [-0.1, -0.05) is 51.2 Å². The number of allylic oxidation sites excluding steroid dienone is 2. The first kappa shape index (κ1) is 18.1. The first-order chi connectivity index (χ1) is 12.9. The molecule has 0 aliphatic carbocycles. The molecule has 1 unspecified atom stereocenters. The van der Waals surface area contributed by atoms with Crippen LogP contribution in [0.15, 0.2) is 63.9 Å². The predicted octanol–water partition coefficient (Wildman–Crippen LogP) is 6.69. The van der Waals surface area contributed by atoms with Crippen LogP contribution in [-0.2, 0) is 0 Å². The standard InChI is InChI=1S/C24H28NOSi/c1-15(2)10-17-12-21(25-14-24(17)27(4)5)19-13-20-18-8-6-7-9-22(18)26-23(20)11-16(19)3/h6-9,11-15,21,25H,10H2,1-5H3. The number of fused-ring (bicyclic) bond motifs is 3. The van der Waals surface area contributed by atoms with E-state index in [2.05, 4.69) is 75.7 Å². The van der Waals surface area contributed by atoms with Crippen LogP contribution in [0, 0.1) is 12.8 Å². The van der Waals surface area contributed by atoms with Gasteiger partial charge < -0.3 is 9.73 Å². The zero-order chi connectivity index (χ0) is 19.1. The minimum Gasteiger partial charge on any atom is -0.456 e. The van der Waals surface area contributed by atoms with Gasteiger partial charge in [0.15, 0.2) is 0 Å². The van der Waals surface area contributed by atoms with Crippen molar-refractivity contribution in [3.05, 3.63) is 70.6 Å². The number of aryl methyl sites for hydroxylation is 1. The smallest absolute Gasteiger partial charge is 0.135 e. The molecule has 1 atom stereocenters. The van der Waals surface area contributed by atoms with Gasteiger partial charge in [0, 0.05) is 10.8 Å². The molecule has 1 aromatic heterocycles. The van der Waals surface area contributed by atoms with Gasteiger partial charge in [0.2, 0.25) is 0 Å². The van der Waals surface area contributed by atoms with Gasteiger partial charge in [0.1, 0.15) is 11.2 Å². The van der Waals surface area contributed by atoms with E-state index in [4.69, 9.17) is 4.42 Å². The number of rotatable bonds is 4. The number of furan rings is 1. The minimum absolute atomic E-state index is 0.224. The molecule has 0 amide bonds. The van der Waals surface area contributed by atoms with Crippen molar-refractivity contribution >= 4 is 30.7 Å². The molecule has 4 rings (SSSR count). The number of hydrogen-bond donors (Lipinski definition) is 1. The Morgan fingerprint density at radius 2 is 1.85 bits per heavy atom. The predicted molar refractivity (Wildman–Crippen MR) is 117 cm³/mol. The third-order valence-corrected chi connectivity index (χ3v) is 6.93. The van der Waals surface area contributed by atoms with Crippen LogP contribution in [0.2, 0.25) is 13.1 Å². The molecular formula is C24H28NOSi. The summed E-state index contributed by atoms with van der Waals surface area (Å²) in [5.41, 5.74) is 6.08. The van der Waals surface area contributed by atoms with Gasteiger partial charge in [-0.3, -0.25) is 0 Å². The average molecular weight is 375 g/mol. The van der Waals surface area contributed by atoms with Gasteiger partial charge in [0.25, 0.3) is 0 Å². The lowest BCUT2D eigenvalue weighted by Gasteiger charge is -2.27. The molecule has 3 heteroatoms. The maximum Gasteiger partial charge on any atom is 0.135 e. The Morgan fingerprint density at radius 3 is 2.59 bits per heavy atom. The molecule has 2 aromatic carbocycles. The Balaban J connectivity index is 1.80. The Kier molecular flexibility index (Phi) is 4.73. The van der Waals surface area contributed by atoms with Crippen LogP contribution in [0.3, 0.4) is 0 Å². The summed E-state index contributed by atoms with van der Waals surface area (Å²) < 4.78 is 6.05. The fourth-order valence-electron chi connectivity index (χ4n) is 4.09. The van der Waals surface area contributed by atoms with Crippen molar-refractivity contribution in [1.82, 2.24) is 5.32 Å². The maximum absolute atomic E-state index is 6.05. The van der Waals surface area contributed by atoms with E-state index in [9.17, 15) is 0 Å². The van der Waals surface area contributed by atoms with Gasteiger partial charge >= 0.3 is 0 Å². The van der Waals surface area contributed by atoms with Crippen molar-refractivity contribution < 1.29 is 4.42 Å². The van der Waals surface area contributed by atoms with E-state index in [1.54, 1.807) is 0 Å². The molecule has 2 nitrogen and oxygen atoms in total. The Bertz CT molecular complexity index is 1050. The van der Waals surface area contributed by atoms with E-state index in [1.807, 2.05) is 12.1 Å². The summed E-state index contributed by atoms with van der Waals surface area (Å²) in [6.07, 6.45) is 5.90. The molecule has 1 radical (unpaired) electrons. The van der Waals surface area contributed by atoms with Crippen molar-refractivity contribution in [3.63, 3.8) is 0 Å². The van der Waals surface area contributed by atoms with Crippen LogP contribution in [-0.4, -0.2) is 8.80 Å². The molecule has 139 valence electrons. The third-order valence-electron chi connectivity index (χ3n) is 5.39. The minimum atomic E-state index is -0.482. The number of benzene rings is 2. The zero-order valence-corrected chi connectivity index (χ0v) is 17.9. The quantitative estimate of drug-likeness (QED) is 0.515. The highest BCUT2D eigenvalue weighted by Crippen LogP contribution is 2.35. The van der Waals surface area contributed by atoms with Gasteiger partial charge in [-0.2, -0.15) is 0 Å². The molecule has 3 aromatic rings. The Labute approximate surface area is 163 Å². The molecule has 2 heterocycles. The molecule has 0 fully saturated rings. The lowest BCUT2D eigenvalue weighted by molar-refractivity contribution is 0.631. The molecule has 0 bridgehead atoms. The topological polar surface area (TPSA) is 25.2 Å². The third kappa shape index (κ3) is 3.36. The normalized spacial score (nSPS) is 17.5. The van der Waals surface area contributed by atoms with Crippen LogP contribution in [0.4, 0.5) is 0 Å². The summed E-state index contributed by atoms with van der Waals surface area (Å²) in [6, 6.07) is 13.0. The Morgan fingerprint density at radius 1 is 1.07 bits per heavy atom. The molecule has 0 saturated heterocycles.